The Morgan fingerprint density at radius 2 is 2.07 bits per heavy atom. The van der Waals surface area contributed by atoms with Crippen LogP contribution < -0.4 is 34.3 Å². The molecule has 0 spiro atoms. The third kappa shape index (κ3) is 2.29. The topological polar surface area (TPSA) is 66.4 Å². The molecule has 1 aliphatic rings. The summed E-state index contributed by atoms with van der Waals surface area (Å²) in [7, 11) is -4.33. The zero-order valence-corrected chi connectivity index (χ0v) is 10.5. The van der Waals surface area contributed by atoms with Gasteiger partial charge in [0, 0.05) is 6.42 Å². The average Bonchev–Trinajstić information content (AvgIpc) is 2.47. The summed E-state index contributed by atoms with van der Waals surface area (Å²) in [5, 5.41) is 0. The van der Waals surface area contributed by atoms with E-state index < -0.39 is 10.1 Å². The standard InChI is InChI=1S/C8H8O4S.Na/c9-13(10,11)7-1-2-8-6(5-7)3-4-12-8;/h1-2,5H,3-4H2,(H,9,10,11);/q;+1/p-1. The van der Waals surface area contributed by atoms with Crippen LogP contribution in [0.1, 0.15) is 5.56 Å². The van der Waals surface area contributed by atoms with Crippen LogP contribution in [0.3, 0.4) is 0 Å². The largest absolute Gasteiger partial charge is 1.00 e. The Balaban J connectivity index is 0.000000980. The molecule has 4 nitrogen and oxygen atoms in total. The molecule has 0 saturated heterocycles. The summed E-state index contributed by atoms with van der Waals surface area (Å²) in [4.78, 5) is -0.184. The molecule has 1 heterocycles. The minimum atomic E-state index is -4.33. The predicted octanol–water partition coefficient (Wildman–Crippen LogP) is -2.47. The van der Waals surface area contributed by atoms with Gasteiger partial charge in [0.15, 0.2) is 0 Å². The van der Waals surface area contributed by atoms with E-state index in [1.807, 2.05) is 0 Å². The maximum absolute atomic E-state index is 10.6. The SMILES string of the molecule is O=S(=O)([O-])c1ccc2c(c1)CCO2.[Na+]. The van der Waals surface area contributed by atoms with E-state index in [0.29, 0.717) is 18.8 Å². The average molecular weight is 222 g/mol. The monoisotopic (exact) mass is 222 g/mol. The van der Waals surface area contributed by atoms with Crippen LogP contribution in [0.4, 0.5) is 0 Å². The maximum Gasteiger partial charge on any atom is 1.00 e. The molecule has 70 valence electrons. The van der Waals surface area contributed by atoms with E-state index in [1.165, 1.54) is 18.2 Å². The van der Waals surface area contributed by atoms with Crippen molar-refractivity contribution in [3.05, 3.63) is 23.8 Å². The Hall–Kier alpha value is -0.0700. The molecule has 0 aromatic heterocycles. The van der Waals surface area contributed by atoms with Gasteiger partial charge in [-0.1, -0.05) is 0 Å². The smallest absolute Gasteiger partial charge is 0.744 e. The van der Waals surface area contributed by atoms with E-state index in [1.54, 1.807) is 0 Å². The van der Waals surface area contributed by atoms with E-state index in [0.717, 1.165) is 5.56 Å². The molecule has 0 fully saturated rings. The molecule has 1 aromatic rings. The summed E-state index contributed by atoms with van der Waals surface area (Å²) in [6, 6.07) is 4.17. The first-order valence-corrected chi connectivity index (χ1v) is 5.20. The Kier molecular flexibility index (Phi) is 3.60. The van der Waals surface area contributed by atoms with Crippen molar-refractivity contribution in [2.45, 2.75) is 11.3 Å². The second kappa shape index (κ2) is 4.20. The number of hydrogen-bond donors (Lipinski definition) is 0. The molecule has 1 aromatic carbocycles. The van der Waals surface area contributed by atoms with Crippen molar-refractivity contribution in [2.75, 3.05) is 6.61 Å². The van der Waals surface area contributed by atoms with Gasteiger partial charge in [-0.3, -0.25) is 0 Å². The third-order valence-electron chi connectivity index (χ3n) is 1.95. The molecule has 0 unspecified atom stereocenters. The van der Waals surface area contributed by atoms with Gasteiger partial charge in [0.25, 0.3) is 0 Å². The summed E-state index contributed by atoms with van der Waals surface area (Å²) in [6.45, 7) is 0.553. The minimum absolute atomic E-state index is 0. The number of hydrogen-bond acceptors (Lipinski definition) is 4. The van der Waals surface area contributed by atoms with Gasteiger partial charge in [-0.05, 0) is 23.8 Å². The zero-order chi connectivity index (χ0) is 9.47. The Labute approximate surface area is 104 Å². The van der Waals surface area contributed by atoms with Crippen LogP contribution in [-0.2, 0) is 16.5 Å². The number of benzene rings is 1. The molecule has 6 heteroatoms. The first-order chi connectivity index (χ1) is 6.07. The van der Waals surface area contributed by atoms with E-state index in [9.17, 15) is 13.0 Å². The second-order valence-electron chi connectivity index (χ2n) is 2.82. The molecular weight excluding hydrogens is 215 g/mol. The first kappa shape index (κ1) is 12.0. The number of rotatable bonds is 1. The van der Waals surface area contributed by atoms with Crippen molar-refractivity contribution in [1.82, 2.24) is 0 Å². The molecule has 0 aliphatic carbocycles. The number of fused-ring (bicyclic) bond motifs is 1. The quantitative estimate of drug-likeness (QED) is 0.390. The summed E-state index contributed by atoms with van der Waals surface area (Å²) < 4.78 is 37.1. The van der Waals surface area contributed by atoms with Gasteiger partial charge >= 0.3 is 29.6 Å². The van der Waals surface area contributed by atoms with Crippen LogP contribution in [0.2, 0.25) is 0 Å². The summed E-state index contributed by atoms with van der Waals surface area (Å²) in [5.74, 6) is 0.674. The van der Waals surface area contributed by atoms with Crippen molar-refractivity contribution in [1.29, 1.82) is 0 Å². The second-order valence-corrected chi connectivity index (χ2v) is 4.20. The van der Waals surface area contributed by atoms with Gasteiger partial charge in [-0.15, -0.1) is 0 Å². The van der Waals surface area contributed by atoms with Crippen LogP contribution in [-0.4, -0.2) is 19.6 Å². The van der Waals surface area contributed by atoms with Crippen molar-refractivity contribution >= 4 is 10.1 Å². The fraction of sp³-hybridized carbons (Fsp3) is 0.250. The Morgan fingerprint density at radius 3 is 2.71 bits per heavy atom. The van der Waals surface area contributed by atoms with E-state index >= 15 is 0 Å². The molecular formula is C8H7NaO4S. The van der Waals surface area contributed by atoms with Crippen LogP contribution in [0.5, 0.6) is 5.75 Å². The number of ether oxygens (including phenoxy) is 1. The van der Waals surface area contributed by atoms with Gasteiger partial charge in [-0.2, -0.15) is 0 Å². The van der Waals surface area contributed by atoms with E-state index in [-0.39, 0.29) is 34.5 Å². The Bertz CT molecular complexity index is 441. The maximum atomic E-state index is 10.6. The summed E-state index contributed by atoms with van der Waals surface area (Å²) >= 11 is 0. The van der Waals surface area contributed by atoms with Crippen LogP contribution >= 0.6 is 0 Å². The van der Waals surface area contributed by atoms with Crippen molar-refractivity contribution < 1.29 is 47.3 Å². The molecule has 0 atom stereocenters. The summed E-state index contributed by atoms with van der Waals surface area (Å²) in [5.41, 5.74) is 0.789. The predicted molar refractivity (Wildman–Crippen MR) is 43.6 cm³/mol. The molecule has 1 aliphatic heterocycles. The molecule has 2 rings (SSSR count). The zero-order valence-electron chi connectivity index (χ0n) is 7.69. The molecule has 0 saturated carbocycles. The third-order valence-corrected chi connectivity index (χ3v) is 2.78. The van der Waals surface area contributed by atoms with Crippen LogP contribution in [0.25, 0.3) is 0 Å². The molecule has 0 radical (unpaired) electrons. The van der Waals surface area contributed by atoms with Gasteiger partial charge in [-0.25, -0.2) is 8.42 Å². The van der Waals surface area contributed by atoms with Crippen molar-refractivity contribution in [2.24, 2.45) is 0 Å². The van der Waals surface area contributed by atoms with E-state index in [4.69, 9.17) is 4.74 Å². The molecule has 14 heavy (non-hydrogen) atoms. The molecule has 0 amide bonds. The fourth-order valence-corrected chi connectivity index (χ4v) is 1.84. The van der Waals surface area contributed by atoms with Gasteiger partial charge in [0.05, 0.1) is 11.5 Å². The van der Waals surface area contributed by atoms with Crippen LogP contribution in [0.15, 0.2) is 23.1 Å². The Morgan fingerprint density at radius 1 is 1.36 bits per heavy atom. The van der Waals surface area contributed by atoms with E-state index in [2.05, 4.69) is 0 Å². The molecule has 0 N–H and O–H groups in total. The first-order valence-electron chi connectivity index (χ1n) is 3.79. The van der Waals surface area contributed by atoms with Crippen molar-refractivity contribution in [3.63, 3.8) is 0 Å². The summed E-state index contributed by atoms with van der Waals surface area (Å²) in [6.07, 6.45) is 0.665. The fourth-order valence-electron chi connectivity index (χ4n) is 1.32. The minimum Gasteiger partial charge on any atom is -0.744 e. The van der Waals surface area contributed by atoms with Gasteiger partial charge in [0.1, 0.15) is 15.9 Å². The van der Waals surface area contributed by atoms with Crippen molar-refractivity contribution in [3.8, 4) is 5.75 Å². The molecule has 0 bridgehead atoms. The van der Waals surface area contributed by atoms with Gasteiger partial charge in [0.2, 0.25) is 0 Å². The van der Waals surface area contributed by atoms with Crippen LogP contribution in [0, 0.1) is 0 Å². The normalized spacial score (nSPS) is 14.1. The van der Waals surface area contributed by atoms with Gasteiger partial charge < -0.3 is 9.29 Å².